The number of ether oxygens (including phenoxy) is 1. The minimum atomic E-state index is 0.440. The lowest BCUT2D eigenvalue weighted by atomic mass is 10.1. The third kappa shape index (κ3) is 3.74. The van der Waals surface area contributed by atoms with Crippen LogP contribution in [0.2, 0.25) is 0 Å². The molecule has 18 heavy (non-hydrogen) atoms. The molecule has 1 atom stereocenters. The second-order valence-corrected chi connectivity index (χ2v) is 5.32. The first-order chi connectivity index (χ1) is 8.79. The summed E-state index contributed by atoms with van der Waals surface area (Å²) in [6, 6.07) is 8.99. The van der Waals surface area contributed by atoms with Gasteiger partial charge in [-0.05, 0) is 45.1 Å². The summed E-state index contributed by atoms with van der Waals surface area (Å²) in [4.78, 5) is 0. The SMILES string of the molecule is CC[C@H](C)NCc1ccccc1OC1CCCC1. The zero-order valence-electron chi connectivity index (χ0n) is 11.6. The maximum atomic E-state index is 6.13. The Morgan fingerprint density at radius 2 is 2.00 bits per heavy atom. The van der Waals surface area contributed by atoms with E-state index in [4.69, 9.17) is 4.74 Å². The molecule has 0 amide bonds. The summed E-state index contributed by atoms with van der Waals surface area (Å²) in [5, 5.41) is 3.53. The van der Waals surface area contributed by atoms with Gasteiger partial charge in [-0.2, -0.15) is 0 Å². The Morgan fingerprint density at radius 1 is 1.28 bits per heavy atom. The molecule has 0 heterocycles. The summed E-state index contributed by atoms with van der Waals surface area (Å²) in [5.74, 6) is 1.07. The van der Waals surface area contributed by atoms with Crippen molar-refractivity contribution in [2.24, 2.45) is 0 Å². The molecular weight excluding hydrogens is 222 g/mol. The lowest BCUT2D eigenvalue weighted by molar-refractivity contribution is 0.207. The normalized spacial score (nSPS) is 17.9. The zero-order chi connectivity index (χ0) is 12.8. The molecule has 0 aromatic heterocycles. The molecule has 2 heteroatoms. The van der Waals surface area contributed by atoms with Gasteiger partial charge in [0.05, 0.1) is 6.10 Å². The van der Waals surface area contributed by atoms with E-state index in [0.29, 0.717) is 12.1 Å². The molecule has 0 spiro atoms. The molecule has 1 aliphatic rings. The van der Waals surface area contributed by atoms with Crippen molar-refractivity contribution in [1.82, 2.24) is 5.32 Å². The molecule has 0 aliphatic heterocycles. The van der Waals surface area contributed by atoms with E-state index in [1.807, 2.05) is 0 Å². The first-order valence-electron chi connectivity index (χ1n) is 7.27. The highest BCUT2D eigenvalue weighted by atomic mass is 16.5. The molecule has 2 rings (SSSR count). The van der Waals surface area contributed by atoms with Crippen molar-refractivity contribution in [3.63, 3.8) is 0 Å². The van der Waals surface area contributed by atoms with Crippen LogP contribution in [-0.2, 0) is 6.54 Å². The van der Waals surface area contributed by atoms with E-state index in [1.165, 1.54) is 31.2 Å². The highest BCUT2D eigenvalue weighted by molar-refractivity contribution is 5.33. The van der Waals surface area contributed by atoms with Crippen LogP contribution < -0.4 is 10.1 Å². The summed E-state index contributed by atoms with van der Waals surface area (Å²) in [6.07, 6.45) is 6.66. The lowest BCUT2D eigenvalue weighted by Gasteiger charge is -2.18. The highest BCUT2D eigenvalue weighted by Crippen LogP contribution is 2.26. The van der Waals surface area contributed by atoms with E-state index in [0.717, 1.165) is 18.7 Å². The number of nitrogens with one attached hydrogen (secondary N) is 1. The van der Waals surface area contributed by atoms with Crippen LogP contribution in [-0.4, -0.2) is 12.1 Å². The zero-order valence-corrected chi connectivity index (χ0v) is 11.6. The molecule has 1 fully saturated rings. The van der Waals surface area contributed by atoms with Crippen LogP contribution in [0.1, 0.15) is 51.5 Å². The first kappa shape index (κ1) is 13.4. The van der Waals surface area contributed by atoms with Gasteiger partial charge in [0.25, 0.3) is 0 Å². The standard InChI is InChI=1S/C16H25NO/c1-3-13(2)17-12-14-8-4-7-11-16(14)18-15-9-5-6-10-15/h4,7-8,11,13,15,17H,3,5-6,9-10,12H2,1-2H3/t13-/m0/s1. The van der Waals surface area contributed by atoms with Crippen LogP contribution in [0, 0.1) is 0 Å². The quantitative estimate of drug-likeness (QED) is 0.823. The van der Waals surface area contributed by atoms with E-state index in [9.17, 15) is 0 Å². The Labute approximate surface area is 111 Å². The number of hydrogen-bond acceptors (Lipinski definition) is 2. The van der Waals surface area contributed by atoms with Crippen LogP contribution in [0.5, 0.6) is 5.75 Å². The summed E-state index contributed by atoms with van der Waals surface area (Å²) in [5.41, 5.74) is 1.28. The summed E-state index contributed by atoms with van der Waals surface area (Å²) in [6.45, 7) is 5.33. The number of benzene rings is 1. The molecule has 1 N–H and O–H groups in total. The van der Waals surface area contributed by atoms with Gasteiger partial charge in [-0.1, -0.05) is 25.1 Å². The smallest absolute Gasteiger partial charge is 0.124 e. The van der Waals surface area contributed by atoms with Crippen LogP contribution in [0.3, 0.4) is 0 Å². The third-order valence-electron chi connectivity index (χ3n) is 3.82. The van der Waals surface area contributed by atoms with Gasteiger partial charge in [-0.15, -0.1) is 0 Å². The molecule has 0 saturated heterocycles. The summed E-state index contributed by atoms with van der Waals surface area (Å²) < 4.78 is 6.13. The Morgan fingerprint density at radius 3 is 2.72 bits per heavy atom. The van der Waals surface area contributed by atoms with Gasteiger partial charge in [-0.3, -0.25) is 0 Å². The topological polar surface area (TPSA) is 21.3 Å². The van der Waals surface area contributed by atoms with E-state index in [1.54, 1.807) is 0 Å². The molecule has 0 radical (unpaired) electrons. The Hall–Kier alpha value is -1.02. The van der Waals surface area contributed by atoms with Crippen molar-refractivity contribution < 1.29 is 4.74 Å². The largest absolute Gasteiger partial charge is 0.490 e. The van der Waals surface area contributed by atoms with Crippen molar-refractivity contribution in [3.05, 3.63) is 29.8 Å². The monoisotopic (exact) mass is 247 g/mol. The Balaban J connectivity index is 1.95. The van der Waals surface area contributed by atoms with Crippen LogP contribution >= 0.6 is 0 Å². The van der Waals surface area contributed by atoms with E-state index in [-0.39, 0.29) is 0 Å². The van der Waals surface area contributed by atoms with Crippen LogP contribution in [0.4, 0.5) is 0 Å². The van der Waals surface area contributed by atoms with Crippen LogP contribution in [0.25, 0.3) is 0 Å². The van der Waals surface area contributed by atoms with Gasteiger partial charge >= 0.3 is 0 Å². The number of rotatable bonds is 6. The molecule has 1 saturated carbocycles. The second-order valence-electron chi connectivity index (χ2n) is 5.32. The number of hydrogen-bond donors (Lipinski definition) is 1. The minimum Gasteiger partial charge on any atom is -0.490 e. The molecule has 100 valence electrons. The maximum absolute atomic E-state index is 6.13. The first-order valence-corrected chi connectivity index (χ1v) is 7.27. The second kappa shape index (κ2) is 6.79. The van der Waals surface area contributed by atoms with E-state index in [2.05, 4.69) is 43.4 Å². The van der Waals surface area contributed by atoms with Crippen molar-refractivity contribution in [1.29, 1.82) is 0 Å². The maximum Gasteiger partial charge on any atom is 0.124 e. The third-order valence-corrected chi connectivity index (χ3v) is 3.82. The average molecular weight is 247 g/mol. The Kier molecular flexibility index (Phi) is 5.06. The van der Waals surface area contributed by atoms with Crippen LogP contribution in [0.15, 0.2) is 24.3 Å². The highest BCUT2D eigenvalue weighted by Gasteiger charge is 2.17. The summed E-state index contributed by atoms with van der Waals surface area (Å²) >= 11 is 0. The average Bonchev–Trinajstić information content (AvgIpc) is 2.90. The molecule has 1 aromatic carbocycles. The fraction of sp³-hybridized carbons (Fsp3) is 0.625. The fourth-order valence-electron chi connectivity index (χ4n) is 2.38. The minimum absolute atomic E-state index is 0.440. The Bertz CT molecular complexity index is 358. The van der Waals surface area contributed by atoms with Gasteiger partial charge in [0.15, 0.2) is 0 Å². The lowest BCUT2D eigenvalue weighted by Crippen LogP contribution is -2.25. The molecule has 0 unspecified atom stereocenters. The fourth-order valence-corrected chi connectivity index (χ4v) is 2.38. The van der Waals surface area contributed by atoms with E-state index >= 15 is 0 Å². The van der Waals surface area contributed by atoms with Crippen molar-refractivity contribution in [2.45, 2.75) is 64.6 Å². The van der Waals surface area contributed by atoms with E-state index < -0.39 is 0 Å². The predicted molar refractivity (Wildman–Crippen MR) is 75.9 cm³/mol. The molecule has 1 aromatic rings. The molecule has 1 aliphatic carbocycles. The van der Waals surface area contributed by atoms with Crippen molar-refractivity contribution in [2.75, 3.05) is 0 Å². The molecule has 2 nitrogen and oxygen atoms in total. The summed E-state index contributed by atoms with van der Waals surface area (Å²) in [7, 11) is 0. The molecular formula is C16H25NO. The van der Waals surface area contributed by atoms with Crippen molar-refractivity contribution in [3.8, 4) is 5.75 Å². The van der Waals surface area contributed by atoms with Gasteiger partial charge in [0, 0.05) is 18.2 Å². The van der Waals surface area contributed by atoms with Gasteiger partial charge in [0.1, 0.15) is 5.75 Å². The van der Waals surface area contributed by atoms with Crippen molar-refractivity contribution >= 4 is 0 Å². The van der Waals surface area contributed by atoms with Gasteiger partial charge in [-0.25, -0.2) is 0 Å². The molecule has 0 bridgehead atoms. The van der Waals surface area contributed by atoms with Gasteiger partial charge < -0.3 is 10.1 Å². The predicted octanol–water partition coefficient (Wildman–Crippen LogP) is 3.90. The van der Waals surface area contributed by atoms with Gasteiger partial charge in [0.2, 0.25) is 0 Å². The number of para-hydroxylation sites is 1.